The third kappa shape index (κ3) is 2.25. The van der Waals surface area contributed by atoms with Gasteiger partial charge in [0.15, 0.2) is 0 Å². The molecule has 1 fully saturated rings. The number of aromatic nitrogens is 2. The predicted molar refractivity (Wildman–Crippen MR) is 70.3 cm³/mol. The van der Waals surface area contributed by atoms with Gasteiger partial charge in [-0.25, -0.2) is 9.97 Å². The van der Waals surface area contributed by atoms with Crippen molar-refractivity contribution >= 4 is 32.7 Å². The lowest BCUT2D eigenvalue weighted by molar-refractivity contribution is 0.122. The summed E-state index contributed by atoms with van der Waals surface area (Å²) in [6, 6.07) is 6.09. The Balaban J connectivity index is 1.98. The first kappa shape index (κ1) is 10.9. The third-order valence-corrected chi connectivity index (χ3v) is 3.30. The van der Waals surface area contributed by atoms with E-state index in [1.54, 1.807) is 0 Å². The number of fused-ring (bicyclic) bond motifs is 1. The highest BCUT2D eigenvalue weighted by Gasteiger charge is 2.12. The number of halogens is 1. The molecule has 0 atom stereocenters. The number of hydrogen-bond acceptors (Lipinski definition) is 4. The molecule has 1 saturated heterocycles. The lowest BCUT2D eigenvalue weighted by atomic mass is 10.2. The maximum Gasteiger partial charge on any atom is 0.129 e. The van der Waals surface area contributed by atoms with E-state index in [0.29, 0.717) is 0 Å². The van der Waals surface area contributed by atoms with Crippen LogP contribution in [-0.4, -0.2) is 36.3 Å². The molecule has 0 amide bonds. The summed E-state index contributed by atoms with van der Waals surface area (Å²) in [5.74, 6) is 1.00. The second-order valence-electron chi connectivity index (χ2n) is 3.97. The molecule has 0 unspecified atom stereocenters. The van der Waals surface area contributed by atoms with Crippen LogP contribution in [0.4, 0.5) is 5.82 Å². The second kappa shape index (κ2) is 4.58. The van der Waals surface area contributed by atoms with Crippen molar-refractivity contribution in [3.8, 4) is 0 Å². The van der Waals surface area contributed by atoms with E-state index in [0.717, 1.165) is 47.6 Å². The highest BCUT2D eigenvalue weighted by Crippen LogP contribution is 2.20. The smallest absolute Gasteiger partial charge is 0.129 e. The molecule has 5 heteroatoms. The lowest BCUT2D eigenvalue weighted by Gasteiger charge is -2.27. The zero-order valence-electron chi connectivity index (χ0n) is 9.27. The molecule has 0 radical (unpaired) electrons. The van der Waals surface area contributed by atoms with Crippen LogP contribution in [0.2, 0.25) is 0 Å². The van der Waals surface area contributed by atoms with E-state index in [4.69, 9.17) is 4.74 Å². The van der Waals surface area contributed by atoms with Crippen LogP contribution in [0.15, 0.2) is 29.0 Å². The molecular formula is C12H12BrN3O. The number of pyridine rings is 2. The van der Waals surface area contributed by atoms with Gasteiger partial charge in [0.2, 0.25) is 0 Å². The van der Waals surface area contributed by atoms with Gasteiger partial charge in [-0.1, -0.05) is 0 Å². The van der Waals surface area contributed by atoms with E-state index in [2.05, 4.69) is 42.9 Å². The second-order valence-corrected chi connectivity index (χ2v) is 4.78. The van der Waals surface area contributed by atoms with E-state index >= 15 is 0 Å². The molecule has 88 valence electrons. The molecule has 0 spiro atoms. The molecule has 0 saturated carbocycles. The van der Waals surface area contributed by atoms with Crippen LogP contribution in [0.3, 0.4) is 0 Å². The van der Waals surface area contributed by atoms with Gasteiger partial charge < -0.3 is 9.64 Å². The van der Waals surface area contributed by atoms with E-state index in [-0.39, 0.29) is 0 Å². The van der Waals surface area contributed by atoms with Crippen LogP contribution < -0.4 is 4.90 Å². The number of rotatable bonds is 1. The summed E-state index contributed by atoms with van der Waals surface area (Å²) >= 11 is 3.36. The van der Waals surface area contributed by atoms with Crippen LogP contribution in [-0.2, 0) is 4.74 Å². The Morgan fingerprint density at radius 1 is 1.24 bits per heavy atom. The van der Waals surface area contributed by atoms with E-state index in [9.17, 15) is 0 Å². The minimum atomic E-state index is 0.776. The van der Waals surface area contributed by atoms with Gasteiger partial charge in [-0.2, -0.15) is 0 Å². The first-order chi connectivity index (χ1) is 8.33. The summed E-state index contributed by atoms with van der Waals surface area (Å²) in [6.07, 6.45) is 1.82. The molecule has 2 aromatic rings. The third-order valence-electron chi connectivity index (χ3n) is 2.86. The standard InChI is InChI=1S/C12H12BrN3O/c13-11-2-1-9-7-12(14-8-10(9)15-11)16-3-5-17-6-4-16/h1-2,7-8H,3-6H2. The monoisotopic (exact) mass is 293 g/mol. The fourth-order valence-corrected chi connectivity index (χ4v) is 2.28. The van der Waals surface area contributed by atoms with E-state index in [1.165, 1.54) is 0 Å². The molecule has 0 aromatic carbocycles. The van der Waals surface area contributed by atoms with Gasteiger partial charge in [-0.05, 0) is 34.1 Å². The molecule has 1 aliphatic heterocycles. The topological polar surface area (TPSA) is 38.2 Å². The maximum absolute atomic E-state index is 5.34. The number of morpholine rings is 1. The van der Waals surface area contributed by atoms with Gasteiger partial charge in [0.1, 0.15) is 10.4 Å². The molecule has 0 aliphatic carbocycles. The van der Waals surface area contributed by atoms with Crippen LogP contribution in [0, 0.1) is 0 Å². The fraction of sp³-hybridized carbons (Fsp3) is 0.333. The average Bonchev–Trinajstić information content (AvgIpc) is 2.39. The molecule has 1 aliphatic rings. The summed E-state index contributed by atoms with van der Waals surface area (Å²) in [5, 5.41) is 1.12. The first-order valence-corrected chi connectivity index (χ1v) is 6.37. The number of hydrogen-bond donors (Lipinski definition) is 0. The van der Waals surface area contributed by atoms with Crippen molar-refractivity contribution in [2.24, 2.45) is 0 Å². The van der Waals surface area contributed by atoms with Crippen LogP contribution >= 0.6 is 15.9 Å². The van der Waals surface area contributed by atoms with Crippen LogP contribution in [0.5, 0.6) is 0 Å². The van der Waals surface area contributed by atoms with Crippen molar-refractivity contribution < 1.29 is 4.74 Å². The Labute approximate surface area is 108 Å². The van der Waals surface area contributed by atoms with Crippen molar-refractivity contribution in [1.29, 1.82) is 0 Å². The number of nitrogens with zero attached hydrogens (tertiary/aromatic N) is 3. The summed E-state index contributed by atoms with van der Waals surface area (Å²) in [7, 11) is 0. The Bertz CT molecular complexity index is 540. The van der Waals surface area contributed by atoms with Crippen molar-refractivity contribution in [1.82, 2.24) is 9.97 Å². The Morgan fingerprint density at radius 2 is 2.06 bits per heavy atom. The van der Waals surface area contributed by atoms with Crippen molar-refractivity contribution in [2.75, 3.05) is 31.2 Å². The quantitative estimate of drug-likeness (QED) is 0.756. The van der Waals surface area contributed by atoms with Gasteiger partial charge in [0.25, 0.3) is 0 Å². The molecule has 0 N–H and O–H groups in total. The van der Waals surface area contributed by atoms with Crippen LogP contribution in [0.1, 0.15) is 0 Å². The molecule has 2 aromatic heterocycles. The molecule has 3 heterocycles. The van der Waals surface area contributed by atoms with Gasteiger partial charge in [0.05, 0.1) is 24.9 Å². The van der Waals surface area contributed by atoms with E-state index < -0.39 is 0 Å². The maximum atomic E-state index is 5.34. The molecular weight excluding hydrogens is 282 g/mol. The van der Waals surface area contributed by atoms with Crippen LogP contribution in [0.25, 0.3) is 10.9 Å². The minimum absolute atomic E-state index is 0.776. The zero-order valence-corrected chi connectivity index (χ0v) is 10.9. The van der Waals surface area contributed by atoms with E-state index in [1.807, 2.05) is 12.3 Å². The molecule has 0 bridgehead atoms. The Kier molecular flexibility index (Phi) is 2.94. The molecule has 17 heavy (non-hydrogen) atoms. The van der Waals surface area contributed by atoms with Gasteiger partial charge >= 0.3 is 0 Å². The average molecular weight is 294 g/mol. The van der Waals surface area contributed by atoms with Gasteiger partial charge in [-0.3, -0.25) is 0 Å². The zero-order chi connectivity index (χ0) is 11.7. The highest BCUT2D eigenvalue weighted by molar-refractivity contribution is 9.10. The lowest BCUT2D eigenvalue weighted by Crippen LogP contribution is -2.36. The minimum Gasteiger partial charge on any atom is -0.378 e. The first-order valence-electron chi connectivity index (χ1n) is 5.58. The largest absolute Gasteiger partial charge is 0.378 e. The van der Waals surface area contributed by atoms with Gasteiger partial charge in [-0.15, -0.1) is 0 Å². The van der Waals surface area contributed by atoms with Crippen molar-refractivity contribution in [2.45, 2.75) is 0 Å². The predicted octanol–water partition coefficient (Wildman–Crippen LogP) is 2.23. The summed E-state index contributed by atoms with van der Waals surface area (Å²) in [4.78, 5) is 11.1. The summed E-state index contributed by atoms with van der Waals surface area (Å²) in [6.45, 7) is 3.36. The Hall–Kier alpha value is -1.20. The fourth-order valence-electron chi connectivity index (χ4n) is 1.96. The summed E-state index contributed by atoms with van der Waals surface area (Å²) < 4.78 is 6.18. The van der Waals surface area contributed by atoms with Crippen molar-refractivity contribution in [3.63, 3.8) is 0 Å². The number of ether oxygens (including phenoxy) is 1. The van der Waals surface area contributed by atoms with Crippen molar-refractivity contribution in [3.05, 3.63) is 29.0 Å². The Morgan fingerprint density at radius 3 is 2.88 bits per heavy atom. The normalized spacial score (nSPS) is 16.4. The molecule has 3 rings (SSSR count). The highest BCUT2D eigenvalue weighted by atomic mass is 79.9. The number of anilines is 1. The van der Waals surface area contributed by atoms with Gasteiger partial charge in [0, 0.05) is 18.5 Å². The SMILES string of the molecule is Brc1ccc2cc(N3CCOCC3)ncc2n1. The molecule has 4 nitrogen and oxygen atoms in total. The summed E-state index contributed by atoms with van der Waals surface area (Å²) in [5.41, 5.74) is 0.913.